The van der Waals surface area contributed by atoms with E-state index < -0.39 is 0 Å². The summed E-state index contributed by atoms with van der Waals surface area (Å²) in [6.07, 6.45) is 5.69. The van der Waals surface area contributed by atoms with Crippen LogP contribution in [0.2, 0.25) is 0 Å². The molecule has 3 heterocycles. The average molecular weight is 449 g/mol. The van der Waals surface area contributed by atoms with Crippen LogP contribution in [-0.4, -0.2) is 107 Å². The molecule has 0 aromatic carbocycles. The van der Waals surface area contributed by atoms with E-state index in [1.807, 2.05) is 18.5 Å². The van der Waals surface area contributed by atoms with Gasteiger partial charge >= 0.3 is 0 Å². The third-order valence-corrected chi connectivity index (χ3v) is 6.35. The quantitative estimate of drug-likeness (QED) is 0.354. The van der Waals surface area contributed by atoms with Crippen molar-refractivity contribution in [1.29, 1.82) is 0 Å². The highest BCUT2D eigenvalue weighted by molar-refractivity contribution is 5.80. The van der Waals surface area contributed by atoms with E-state index in [-0.39, 0.29) is 5.91 Å². The molecule has 180 valence electrons. The molecule has 2 fully saturated rings. The SMILES string of the molecule is COCCCNC(=NCc1nnc(C)n1C)N1CCN(CC(=O)N2CCCCCC2)CC1. The lowest BCUT2D eigenvalue weighted by atomic mass is 10.2. The van der Waals surface area contributed by atoms with Crippen molar-refractivity contribution in [2.75, 3.05) is 66.1 Å². The van der Waals surface area contributed by atoms with Crippen molar-refractivity contribution in [3.63, 3.8) is 0 Å². The van der Waals surface area contributed by atoms with E-state index in [1.54, 1.807) is 7.11 Å². The van der Waals surface area contributed by atoms with E-state index in [0.29, 0.717) is 13.1 Å². The van der Waals surface area contributed by atoms with E-state index in [1.165, 1.54) is 12.8 Å². The molecule has 10 heteroatoms. The van der Waals surface area contributed by atoms with Crippen molar-refractivity contribution in [3.05, 3.63) is 11.6 Å². The van der Waals surface area contributed by atoms with Gasteiger partial charge in [0.15, 0.2) is 11.8 Å². The van der Waals surface area contributed by atoms with Gasteiger partial charge in [-0.15, -0.1) is 10.2 Å². The van der Waals surface area contributed by atoms with Gasteiger partial charge < -0.3 is 24.4 Å². The zero-order valence-corrected chi connectivity index (χ0v) is 20.1. The largest absolute Gasteiger partial charge is 0.385 e. The van der Waals surface area contributed by atoms with Crippen LogP contribution < -0.4 is 5.32 Å². The molecule has 0 bridgehead atoms. The van der Waals surface area contributed by atoms with Gasteiger partial charge in [-0.3, -0.25) is 9.69 Å². The summed E-state index contributed by atoms with van der Waals surface area (Å²) in [7, 11) is 3.68. The van der Waals surface area contributed by atoms with E-state index in [2.05, 4.69) is 30.2 Å². The Hall–Kier alpha value is -2.20. The van der Waals surface area contributed by atoms with Gasteiger partial charge in [0, 0.05) is 66.6 Å². The topological polar surface area (TPSA) is 91.1 Å². The Bertz CT molecular complexity index is 734. The molecular weight excluding hydrogens is 408 g/mol. The molecule has 0 radical (unpaired) electrons. The smallest absolute Gasteiger partial charge is 0.236 e. The minimum absolute atomic E-state index is 0.282. The van der Waals surface area contributed by atoms with Crippen LogP contribution in [0.1, 0.15) is 43.8 Å². The van der Waals surface area contributed by atoms with E-state index in [0.717, 1.165) is 89.3 Å². The van der Waals surface area contributed by atoms with Crippen LogP contribution in [0.15, 0.2) is 4.99 Å². The highest BCUT2D eigenvalue weighted by atomic mass is 16.5. The number of rotatable bonds is 8. The number of piperazine rings is 1. The predicted octanol–water partition coefficient (Wildman–Crippen LogP) is 0.626. The zero-order chi connectivity index (χ0) is 22.8. The van der Waals surface area contributed by atoms with Crippen LogP contribution in [0.5, 0.6) is 0 Å². The lowest BCUT2D eigenvalue weighted by molar-refractivity contribution is -0.132. The van der Waals surface area contributed by atoms with Crippen molar-refractivity contribution >= 4 is 11.9 Å². The lowest BCUT2D eigenvalue weighted by Gasteiger charge is -2.37. The summed E-state index contributed by atoms with van der Waals surface area (Å²) in [6.45, 7) is 9.73. The summed E-state index contributed by atoms with van der Waals surface area (Å²) < 4.78 is 7.14. The van der Waals surface area contributed by atoms with Gasteiger partial charge in [0.1, 0.15) is 12.4 Å². The van der Waals surface area contributed by atoms with Gasteiger partial charge in [-0.25, -0.2) is 4.99 Å². The Morgan fingerprint density at radius 2 is 1.75 bits per heavy atom. The lowest BCUT2D eigenvalue weighted by Crippen LogP contribution is -2.54. The number of carbonyl (C=O) groups excluding carboxylic acids is 1. The summed E-state index contributed by atoms with van der Waals surface area (Å²) in [5.74, 6) is 2.90. The first-order valence-corrected chi connectivity index (χ1v) is 12.0. The molecule has 2 aliphatic heterocycles. The molecule has 1 amide bonds. The molecule has 1 aromatic heterocycles. The fourth-order valence-corrected chi connectivity index (χ4v) is 4.15. The van der Waals surface area contributed by atoms with Crippen molar-refractivity contribution < 1.29 is 9.53 Å². The molecule has 0 unspecified atom stereocenters. The number of ether oxygens (including phenoxy) is 1. The van der Waals surface area contributed by atoms with Gasteiger partial charge in [-0.1, -0.05) is 12.8 Å². The Labute approximate surface area is 192 Å². The van der Waals surface area contributed by atoms with Crippen LogP contribution in [-0.2, 0) is 23.1 Å². The third kappa shape index (κ3) is 7.16. The number of nitrogens with one attached hydrogen (secondary N) is 1. The van der Waals surface area contributed by atoms with Crippen LogP contribution in [0, 0.1) is 6.92 Å². The molecule has 2 aliphatic rings. The number of carbonyl (C=O) groups is 1. The van der Waals surface area contributed by atoms with Crippen molar-refractivity contribution in [2.24, 2.45) is 12.0 Å². The summed E-state index contributed by atoms with van der Waals surface area (Å²) in [4.78, 5) is 24.2. The van der Waals surface area contributed by atoms with E-state index in [9.17, 15) is 4.79 Å². The maximum absolute atomic E-state index is 12.7. The first-order valence-electron chi connectivity index (χ1n) is 12.0. The number of aliphatic imine (C=N–C) groups is 1. The molecular formula is C22H40N8O2. The summed E-state index contributed by atoms with van der Waals surface area (Å²) >= 11 is 0. The second-order valence-corrected chi connectivity index (χ2v) is 8.69. The molecule has 32 heavy (non-hydrogen) atoms. The third-order valence-electron chi connectivity index (χ3n) is 6.35. The van der Waals surface area contributed by atoms with Crippen molar-refractivity contribution in [3.8, 4) is 0 Å². The second kappa shape index (κ2) is 12.7. The predicted molar refractivity (Wildman–Crippen MR) is 124 cm³/mol. The molecule has 0 atom stereocenters. The maximum atomic E-state index is 12.7. The first kappa shape index (κ1) is 24.4. The standard InChI is InChI=1S/C22H40N8O2/c1-19-25-26-20(27(19)2)17-24-22(23-9-8-16-32-3)30-14-12-28(13-15-30)18-21(31)29-10-6-4-5-7-11-29/h4-18H2,1-3H3,(H,23,24). The maximum Gasteiger partial charge on any atom is 0.236 e. The van der Waals surface area contributed by atoms with Gasteiger partial charge in [-0.05, 0) is 26.2 Å². The molecule has 1 N–H and O–H groups in total. The molecule has 2 saturated heterocycles. The average Bonchev–Trinajstić information content (AvgIpc) is 3.00. The number of nitrogens with zero attached hydrogens (tertiary/aromatic N) is 7. The molecule has 0 aliphatic carbocycles. The van der Waals surface area contributed by atoms with Crippen LogP contribution in [0.3, 0.4) is 0 Å². The zero-order valence-electron chi connectivity index (χ0n) is 20.1. The first-order chi connectivity index (χ1) is 15.6. The summed E-state index contributed by atoms with van der Waals surface area (Å²) in [6, 6.07) is 0. The van der Waals surface area contributed by atoms with Gasteiger partial charge in [0.05, 0.1) is 6.54 Å². The van der Waals surface area contributed by atoms with Crippen molar-refractivity contribution in [1.82, 2.24) is 34.8 Å². The second-order valence-electron chi connectivity index (χ2n) is 8.69. The normalized spacial score (nSPS) is 18.7. The van der Waals surface area contributed by atoms with Gasteiger partial charge in [0.2, 0.25) is 5.91 Å². The van der Waals surface area contributed by atoms with Crippen molar-refractivity contribution in [2.45, 2.75) is 45.6 Å². The number of aryl methyl sites for hydroxylation is 1. The minimum Gasteiger partial charge on any atom is -0.385 e. The number of amides is 1. The van der Waals surface area contributed by atoms with E-state index in [4.69, 9.17) is 9.73 Å². The fourth-order valence-electron chi connectivity index (χ4n) is 4.15. The highest BCUT2D eigenvalue weighted by Crippen LogP contribution is 2.11. The minimum atomic E-state index is 0.282. The molecule has 1 aromatic rings. The number of hydrogen-bond donors (Lipinski definition) is 1. The molecule has 3 rings (SSSR count). The summed E-state index contributed by atoms with van der Waals surface area (Å²) in [5, 5.41) is 11.8. The van der Waals surface area contributed by atoms with Gasteiger partial charge in [0.25, 0.3) is 0 Å². The Kier molecular flexibility index (Phi) is 9.73. The highest BCUT2D eigenvalue weighted by Gasteiger charge is 2.24. The molecule has 0 spiro atoms. The summed E-state index contributed by atoms with van der Waals surface area (Å²) in [5.41, 5.74) is 0. The number of methoxy groups -OCH3 is 1. The van der Waals surface area contributed by atoms with Crippen LogP contribution in [0.4, 0.5) is 0 Å². The van der Waals surface area contributed by atoms with Crippen LogP contribution in [0.25, 0.3) is 0 Å². The number of guanidine groups is 1. The fraction of sp³-hybridized carbons (Fsp3) is 0.818. The molecule has 0 saturated carbocycles. The van der Waals surface area contributed by atoms with Gasteiger partial charge in [-0.2, -0.15) is 0 Å². The number of aromatic nitrogens is 3. The Balaban J connectivity index is 1.53. The molecule has 10 nitrogen and oxygen atoms in total. The Morgan fingerprint density at radius 1 is 1.03 bits per heavy atom. The van der Waals surface area contributed by atoms with Crippen LogP contribution >= 0.6 is 0 Å². The number of likely N-dealkylation sites (tertiary alicyclic amines) is 1. The van der Waals surface area contributed by atoms with E-state index >= 15 is 0 Å². The number of hydrogen-bond acceptors (Lipinski definition) is 6. The Morgan fingerprint density at radius 3 is 2.38 bits per heavy atom. The monoisotopic (exact) mass is 448 g/mol.